The van der Waals surface area contributed by atoms with Crippen LogP contribution in [0.4, 0.5) is 10.5 Å². The van der Waals surface area contributed by atoms with Crippen LogP contribution in [0.3, 0.4) is 0 Å². The van der Waals surface area contributed by atoms with Crippen molar-refractivity contribution in [3.8, 4) is 0 Å². The molecule has 2 aliphatic rings. The van der Waals surface area contributed by atoms with Crippen molar-refractivity contribution in [2.45, 2.75) is 22.2 Å². The Labute approximate surface area is 179 Å². The number of halogens is 2. The number of alkyl halides is 2. The molecule has 5 nitrogen and oxygen atoms in total. The van der Waals surface area contributed by atoms with Crippen LogP contribution in [-0.2, 0) is 6.54 Å². The molecule has 1 unspecified atom stereocenters. The number of hydrogen-bond acceptors (Lipinski definition) is 4. The number of hydrogen-bond donors (Lipinski definition) is 1. The van der Waals surface area contributed by atoms with Crippen molar-refractivity contribution in [3.63, 3.8) is 0 Å². The molecule has 1 saturated heterocycles. The third-order valence-electron chi connectivity index (χ3n) is 5.14. The number of amides is 2. The summed E-state index contributed by atoms with van der Waals surface area (Å²) >= 11 is 13.9. The van der Waals surface area contributed by atoms with Gasteiger partial charge in [0.05, 0.1) is 18.5 Å². The van der Waals surface area contributed by atoms with Crippen LogP contribution in [0.15, 0.2) is 52.0 Å². The number of nitrogens with one attached hydrogen (secondary N) is 1. The second-order valence-corrected chi connectivity index (χ2v) is 9.85. The van der Waals surface area contributed by atoms with Crippen molar-refractivity contribution in [1.82, 2.24) is 9.80 Å². The summed E-state index contributed by atoms with van der Waals surface area (Å²) in [5.41, 5.74) is 0.839. The van der Waals surface area contributed by atoms with E-state index in [9.17, 15) is 4.79 Å². The maximum absolute atomic E-state index is 12.7. The lowest BCUT2D eigenvalue weighted by atomic mass is 10.3. The quantitative estimate of drug-likeness (QED) is 0.512. The molecular formula is C20H23Cl2N3O2S. The third-order valence-corrected chi connectivity index (χ3v) is 7.31. The smallest absolute Gasteiger partial charge is 0.321 e. The molecule has 4 rings (SSSR count). The van der Waals surface area contributed by atoms with E-state index in [4.69, 9.17) is 27.6 Å². The van der Waals surface area contributed by atoms with E-state index in [2.05, 4.69) is 10.2 Å². The van der Waals surface area contributed by atoms with Crippen molar-refractivity contribution in [2.24, 2.45) is 5.92 Å². The highest BCUT2D eigenvalue weighted by atomic mass is 35.5. The first kappa shape index (κ1) is 20.0. The van der Waals surface area contributed by atoms with Crippen LogP contribution in [0.2, 0.25) is 0 Å². The Balaban J connectivity index is 1.28. The van der Waals surface area contributed by atoms with Crippen LogP contribution in [-0.4, -0.2) is 52.1 Å². The molecule has 2 heterocycles. The van der Waals surface area contributed by atoms with E-state index in [1.807, 2.05) is 41.3 Å². The maximum atomic E-state index is 12.7. The van der Waals surface area contributed by atoms with Gasteiger partial charge in [0, 0.05) is 42.7 Å². The second kappa shape index (κ2) is 8.57. The average Bonchev–Trinajstić information content (AvgIpc) is 3.05. The predicted octanol–water partition coefficient (Wildman–Crippen LogP) is 4.92. The van der Waals surface area contributed by atoms with Gasteiger partial charge in [0.15, 0.2) is 0 Å². The first-order chi connectivity index (χ1) is 13.5. The summed E-state index contributed by atoms with van der Waals surface area (Å²) < 4.78 is 4.84. The van der Waals surface area contributed by atoms with E-state index in [1.54, 1.807) is 18.0 Å². The minimum absolute atomic E-state index is 0.0545. The number of thioether (sulfide) groups is 1. The van der Waals surface area contributed by atoms with Crippen molar-refractivity contribution >= 4 is 46.7 Å². The number of nitrogens with zero attached hydrogens (tertiary/aromatic N) is 2. The summed E-state index contributed by atoms with van der Waals surface area (Å²) in [6, 6.07) is 11.7. The Hall–Kier alpha value is -1.34. The zero-order valence-corrected chi connectivity index (χ0v) is 17.8. The van der Waals surface area contributed by atoms with E-state index in [0.29, 0.717) is 19.0 Å². The molecule has 1 saturated carbocycles. The molecule has 2 fully saturated rings. The summed E-state index contributed by atoms with van der Waals surface area (Å²) in [4.78, 5) is 17.9. The molecule has 2 amide bonds. The Bertz CT molecular complexity index is 808. The van der Waals surface area contributed by atoms with Gasteiger partial charge in [-0.2, -0.15) is 0 Å². The molecule has 150 valence electrons. The number of rotatable bonds is 6. The molecule has 0 bridgehead atoms. The highest BCUT2D eigenvalue weighted by molar-refractivity contribution is 7.99. The van der Waals surface area contributed by atoms with Crippen LogP contribution >= 0.6 is 35.0 Å². The normalized spacial score (nSPS) is 21.5. The van der Waals surface area contributed by atoms with E-state index in [-0.39, 0.29) is 6.03 Å². The Morgan fingerprint density at radius 2 is 1.93 bits per heavy atom. The zero-order valence-electron chi connectivity index (χ0n) is 15.4. The van der Waals surface area contributed by atoms with Crippen LogP contribution in [0.5, 0.6) is 0 Å². The topological polar surface area (TPSA) is 48.7 Å². The number of benzene rings is 1. The highest BCUT2D eigenvalue weighted by Crippen LogP contribution is 2.55. The van der Waals surface area contributed by atoms with Crippen LogP contribution < -0.4 is 5.32 Å². The number of carbonyl (C=O) groups is 1. The van der Waals surface area contributed by atoms with Crippen LogP contribution in [0.1, 0.15) is 12.2 Å². The van der Waals surface area contributed by atoms with Gasteiger partial charge in [-0.1, -0.05) is 12.1 Å². The summed E-state index contributed by atoms with van der Waals surface area (Å²) in [6.45, 7) is 3.85. The monoisotopic (exact) mass is 439 g/mol. The summed E-state index contributed by atoms with van der Waals surface area (Å²) in [7, 11) is 0. The van der Waals surface area contributed by atoms with Gasteiger partial charge in [0.25, 0.3) is 0 Å². The van der Waals surface area contributed by atoms with Crippen molar-refractivity contribution < 1.29 is 9.21 Å². The fraction of sp³-hybridized carbons (Fsp3) is 0.450. The lowest BCUT2D eigenvalue weighted by Crippen LogP contribution is -2.49. The molecule has 1 aromatic carbocycles. The first-order valence-electron chi connectivity index (χ1n) is 9.41. The number of urea groups is 1. The zero-order chi connectivity index (χ0) is 19.6. The fourth-order valence-corrected chi connectivity index (χ4v) is 5.21. The molecule has 1 aromatic heterocycles. The van der Waals surface area contributed by atoms with Crippen LogP contribution in [0, 0.1) is 5.92 Å². The minimum atomic E-state index is -0.569. The van der Waals surface area contributed by atoms with Gasteiger partial charge in [-0.05, 0) is 30.7 Å². The summed E-state index contributed by atoms with van der Waals surface area (Å²) in [5, 5.41) is 3.07. The van der Waals surface area contributed by atoms with E-state index in [1.165, 1.54) is 0 Å². The van der Waals surface area contributed by atoms with Gasteiger partial charge < -0.3 is 14.6 Å². The van der Waals surface area contributed by atoms with E-state index >= 15 is 0 Å². The standard InChI is InChI=1S/C20H23Cl2N3O2S/c21-20(22)12-15(20)14-28-18-6-2-1-5-17(18)23-19(26)25-9-7-24(8-10-25)13-16-4-3-11-27-16/h1-6,11,15H,7-10,12-14H2,(H,23,26). The second-order valence-electron chi connectivity index (χ2n) is 7.24. The van der Waals surface area contributed by atoms with Gasteiger partial charge in [-0.15, -0.1) is 35.0 Å². The van der Waals surface area contributed by atoms with Gasteiger partial charge in [-0.3, -0.25) is 4.90 Å². The Morgan fingerprint density at radius 3 is 2.61 bits per heavy atom. The Kier molecular flexibility index (Phi) is 6.11. The lowest BCUT2D eigenvalue weighted by molar-refractivity contribution is 0.137. The number of furan rings is 1. The first-order valence-corrected chi connectivity index (χ1v) is 11.2. The average molecular weight is 440 g/mol. The summed E-state index contributed by atoms with van der Waals surface area (Å²) in [6.07, 6.45) is 2.53. The maximum Gasteiger partial charge on any atom is 0.321 e. The van der Waals surface area contributed by atoms with Gasteiger partial charge in [0.1, 0.15) is 10.1 Å². The number of piperazine rings is 1. The molecule has 8 heteroatoms. The SMILES string of the molecule is O=C(Nc1ccccc1SCC1CC1(Cl)Cl)N1CCN(Cc2ccco2)CC1. The van der Waals surface area contributed by atoms with Gasteiger partial charge in [-0.25, -0.2) is 4.79 Å². The van der Waals surface area contributed by atoms with Crippen molar-refractivity contribution in [3.05, 3.63) is 48.4 Å². The van der Waals surface area contributed by atoms with Gasteiger partial charge >= 0.3 is 6.03 Å². The fourth-order valence-electron chi connectivity index (χ4n) is 3.26. The molecule has 28 heavy (non-hydrogen) atoms. The van der Waals surface area contributed by atoms with Gasteiger partial charge in [0.2, 0.25) is 0 Å². The molecule has 1 aliphatic heterocycles. The minimum Gasteiger partial charge on any atom is -0.468 e. The molecule has 1 N–H and O–H groups in total. The molecule has 0 spiro atoms. The highest BCUT2D eigenvalue weighted by Gasteiger charge is 2.51. The number of anilines is 1. The van der Waals surface area contributed by atoms with Crippen LogP contribution in [0.25, 0.3) is 0 Å². The Morgan fingerprint density at radius 1 is 1.18 bits per heavy atom. The van der Waals surface area contributed by atoms with Crippen molar-refractivity contribution in [2.75, 3.05) is 37.2 Å². The molecule has 1 atom stereocenters. The molecule has 2 aromatic rings. The number of carbonyl (C=O) groups excluding carboxylic acids is 1. The third kappa shape index (κ3) is 4.98. The molecule has 1 aliphatic carbocycles. The lowest BCUT2D eigenvalue weighted by Gasteiger charge is -2.34. The number of para-hydroxylation sites is 1. The predicted molar refractivity (Wildman–Crippen MR) is 114 cm³/mol. The summed E-state index contributed by atoms with van der Waals surface area (Å²) in [5.74, 6) is 2.12. The molecule has 0 radical (unpaired) electrons. The largest absolute Gasteiger partial charge is 0.468 e. The molecular weight excluding hydrogens is 417 g/mol. The van der Waals surface area contributed by atoms with E-state index < -0.39 is 4.33 Å². The van der Waals surface area contributed by atoms with E-state index in [0.717, 1.165) is 48.2 Å². The van der Waals surface area contributed by atoms with Crippen molar-refractivity contribution in [1.29, 1.82) is 0 Å².